The molecular weight excluding hydrogens is 211 g/mol. The van der Waals surface area contributed by atoms with Gasteiger partial charge in [-0.05, 0) is 48.2 Å². The van der Waals surface area contributed by atoms with Crippen LogP contribution in [0.2, 0.25) is 0 Å². The van der Waals surface area contributed by atoms with Gasteiger partial charge < -0.3 is 0 Å². The molecule has 0 fully saturated rings. The van der Waals surface area contributed by atoms with E-state index < -0.39 is 0 Å². The van der Waals surface area contributed by atoms with Gasteiger partial charge in [0.05, 0.1) is 0 Å². The van der Waals surface area contributed by atoms with Crippen LogP contribution in [-0.2, 0) is 0 Å². The second kappa shape index (κ2) is 6.19. The number of rotatable bonds is 1. The molecule has 0 unspecified atom stereocenters. The van der Waals surface area contributed by atoms with Gasteiger partial charge in [-0.25, -0.2) is 4.39 Å². The van der Waals surface area contributed by atoms with Crippen molar-refractivity contribution in [1.29, 1.82) is 0 Å². The van der Waals surface area contributed by atoms with E-state index in [1.165, 1.54) is 23.3 Å². The summed E-state index contributed by atoms with van der Waals surface area (Å²) in [5, 5.41) is 0. The molecule has 17 heavy (non-hydrogen) atoms. The molecule has 0 heterocycles. The van der Waals surface area contributed by atoms with Gasteiger partial charge >= 0.3 is 0 Å². The standard InChI is InChI=1S/C14H13F.C2H6/c1-10-3-4-13(9-11(10)2)12-5-7-14(15)8-6-12;1-2/h3-9H,1-2H3;1-2H3. The summed E-state index contributed by atoms with van der Waals surface area (Å²) in [4.78, 5) is 0. The number of benzene rings is 2. The van der Waals surface area contributed by atoms with Crippen LogP contribution in [0.15, 0.2) is 42.5 Å². The Hall–Kier alpha value is -1.63. The summed E-state index contributed by atoms with van der Waals surface area (Å²) < 4.78 is 12.7. The predicted octanol–water partition coefficient (Wildman–Crippen LogP) is 5.14. The summed E-state index contributed by atoms with van der Waals surface area (Å²) in [7, 11) is 0. The summed E-state index contributed by atoms with van der Waals surface area (Å²) in [6.07, 6.45) is 0. The fourth-order valence-electron chi connectivity index (χ4n) is 1.56. The van der Waals surface area contributed by atoms with Gasteiger partial charge in [-0.2, -0.15) is 0 Å². The summed E-state index contributed by atoms with van der Waals surface area (Å²) in [5.74, 6) is -0.192. The van der Waals surface area contributed by atoms with E-state index in [4.69, 9.17) is 0 Å². The van der Waals surface area contributed by atoms with Gasteiger partial charge in [0.25, 0.3) is 0 Å². The van der Waals surface area contributed by atoms with Crippen molar-refractivity contribution in [2.45, 2.75) is 27.7 Å². The van der Waals surface area contributed by atoms with Crippen molar-refractivity contribution in [3.05, 3.63) is 59.4 Å². The molecule has 0 amide bonds. The highest BCUT2D eigenvalue weighted by Crippen LogP contribution is 2.22. The third-order valence-electron chi connectivity index (χ3n) is 2.68. The first-order valence-corrected chi connectivity index (χ1v) is 6.00. The van der Waals surface area contributed by atoms with Crippen LogP contribution in [0.4, 0.5) is 4.39 Å². The van der Waals surface area contributed by atoms with E-state index in [-0.39, 0.29) is 5.82 Å². The van der Waals surface area contributed by atoms with E-state index in [0.717, 1.165) is 11.1 Å². The Balaban J connectivity index is 0.000000686. The van der Waals surface area contributed by atoms with Gasteiger partial charge in [0.15, 0.2) is 0 Å². The molecule has 0 aliphatic carbocycles. The molecule has 90 valence electrons. The molecule has 0 radical (unpaired) electrons. The molecule has 0 aliphatic rings. The molecule has 0 saturated heterocycles. The average Bonchev–Trinajstić information content (AvgIpc) is 2.36. The van der Waals surface area contributed by atoms with Crippen LogP contribution in [0, 0.1) is 19.7 Å². The zero-order chi connectivity index (χ0) is 12.8. The SMILES string of the molecule is CC.Cc1ccc(-c2ccc(F)cc2)cc1C. The number of hydrogen-bond donors (Lipinski definition) is 0. The molecule has 1 heteroatoms. The van der Waals surface area contributed by atoms with Gasteiger partial charge in [0.2, 0.25) is 0 Å². The van der Waals surface area contributed by atoms with Gasteiger partial charge in [-0.15, -0.1) is 0 Å². The summed E-state index contributed by atoms with van der Waals surface area (Å²) in [5.41, 5.74) is 4.73. The minimum absolute atomic E-state index is 0.192. The lowest BCUT2D eigenvalue weighted by Gasteiger charge is -2.05. The van der Waals surface area contributed by atoms with Crippen LogP contribution in [0.5, 0.6) is 0 Å². The maximum absolute atomic E-state index is 12.7. The van der Waals surface area contributed by atoms with Crippen molar-refractivity contribution in [2.24, 2.45) is 0 Å². The van der Waals surface area contributed by atoms with Crippen molar-refractivity contribution in [3.63, 3.8) is 0 Å². The molecular formula is C16H19F. The molecule has 2 rings (SSSR count). The fraction of sp³-hybridized carbons (Fsp3) is 0.250. The summed E-state index contributed by atoms with van der Waals surface area (Å²) >= 11 is 0. The first-order chi connectivity index (χ1) is 8.16. The van der Waals surface area contributed by atoms with Crippen molar-refractivity contribution in [1.82, 2.24) is 0 Å². The van der Waals surface area contributed by atoms with Gasteiger partial charge in [-0.3, -0.25) is 0 Å². The molecule has 0 atom stereocenters. The van der Waals surface area contributed by atoms with Gasteiger partial charge in [-0.1, -0.05) is 44.2 Å². The van der Waals surface area contributed by atoms with E-state index in [9.17, 15) is 4.39 Å². The molecule has 0 bridgehead atoms. The third kappa shape index (κ3) is 3.42. The predicted molar refractivity (Wildman–Crippen MR) is 72.7 cm³/mol. The van der Waals surface area contributed by atoms with E-state index in [1.54, 1.807) is 12.1 Å². The molecule has 0 spiro atoms. The smallest absolute Gasteiger partial charge is 0.123 e. The number of aryl methyl sites for hydroxylation is 2. The molecule has 0 nitrogen and oxygen atoms in total. The molecule has 2 aromatic carbocycles. The minimum atomic E-state index is -0.192. The van der Waals surface area contributed by atoms with Gasteiger partial charge in [0, 0.05) is 0 Å². The van der Waals surface area contributed by atoms with Crippen LogP contribution in [0.3, 0.4) is 0 Å². The lowest BCUT2D eigenvalue weighted by atomic mass is 10.0. The highest BCUT2D eigenvalue weighted by atomic mass is 19.1. The highest BCUT2D eigenvalue weighted by molar-refractivity contribution is 5.64. The molecule has 0 aliphatic heterocycles. The van der Waals surface area contributed by atoms with Crippen LogP contribution in [0.25, 0.3) is 11.1 Å². The zero-order valence-electron chi connectivity index (χ0n) is 10.9. The Labute approximate surface area is 103 Å². The Kier molecular flexibility index (Phi) is 4.89. The normalized spacial score (nSPS) is 9.47. The summed E-state index contributed by atoms with van der Waals surface area (Å²) in [6.45, 7) is 8.17. The lowest BCUT2D eigenvalue weighted by Crippen LogP contribution is -1.83. The van der Waals surface area contributed by atoms with Crippen LogP contribution >= 0.6 is 0 Å². The lowest BCUT2D eigenvalue weighted by molar-refractivity contribution is 0.628. The van der Waals surface area contributed by atoms with Crippen molar-refractivity contribution in [3.8, 4) is 11.1 Å². The molecule has 0 N–H and O–H groups in total. The highest BCUT2D eigenvalue weighted by Gasteiger charge is 1.99. The van der Waals surface area contributed by atoms with E-state index in [1.807, 2.05) is 13.8 Å². The Morgan fingerprint density at radius 1 is 0.706 bits per heavy atom. The number of hydrogen-bond acceptors (Lipinski definition) is 0. The number of halogens is 1. The quantitative estimate of drug-likeness (QED) is 0.636. The van der Waals surface area contributed by atoms with Crippen LogP contribution in [0.1, 0.15) is 25.0 Å². The second-order valence-electron chi connectivity index (χ2n) is 3.81. The van der Waals surface area contributed by atoms with E-state index in [0.29, 0.717) is 0 Å². The Bertz CT molecular complexity index is 469. The first-order valence-electron chi connectivity index (χ1n) is 6.00. The summed E-state index contributed by atoms with van der Waals surface area (Å²) in [6, 6.07) is 12.9. The van der Waals surface area contributed by atoms with Gasteiger partial charge in [0.1, 0.15) is 5.82 Å². The first kappa shape index (κ1) is 13.4. The molecule has 2 aromatic rings. The Morgan fingerprint density at radius 3 is 1.76 bits per heavy atom. The van der Waals surface area contributed by atoms with Crippen molar-refractivity contribution < 1.29 is 4.39 Å². The largest absolute Gasteiger partial charge is 0.207 e. The average molecular weight is 230 g/mol. The minimum Gasteiger partial charge on any atom is -0.207 e. The zero-order valence-corrected chi connectivity index (χ0v) is 10.9. The monoisotopic (exact) mass is 230 g/mol. The third-order valence-corrected chi connectivity index (χ3v) is 2.68. The molecule has 0 saturated carbocycles. The maximum atomic E-state index is 12.7. The molecule has 0 aromatic heterocycles. The second-order valence-corrected chi connectivity index (χ2v) is 3.81. The maximum Gasteiger partial charge on any atom is 0.123 e. The van der Waals surface area contributed by atoms with Crippen molar-refractivity contribution in [2.75, 3.05) is 0 Å². The van der Waals surface area contributed by atoms with Crippen molar-refractivity contribution >= 4 is 0 Å². The van der Waals surface area contributed by atoms with Crippen LogP contribution in [-0.4, -0.2) is 0 Å². The fourth-order valence-corrected chi connectivity index (χ4v) is 1.56. The topological polar surface area (TPSA) is 0 Å². The Morgan fingerprint density at radius 2 is 1.24 bits per heavy atom. The van der Waals surface area contributed by atoms with E-state index >= 15 is 0 Å². The van der Waals surface area contributed by atoms with Crippen LogP contribution < -0.4 is 0 Å². The van der Waals surface area contributed by atoms with E-state index in [2.05, 4.69) is 32.0 Å².